The SMILES string of the molecule is COC1CCC(N)=NC1.Cl. The minimum absolute atomic E-state index is 0. The lowest BCUT2D eigenvalue weighted by Crippen LogP contribution is -2.26. The van der Waals surface area contributed by atoms with E-state index in [-0.39, 0.29) is 12.4 Å². The van der Waals surface area contributed by atoms with E-state index in [2.05, 4.69) is 4.99 Å². The predicted octanol–water partition coefficient (Wildman–Crippen LogP) is 0.574. The third-order valence-corrected chi connectivity index (χ3v) is 1.55. The molecule has 2 N–H and O–H groups in total. The molecule has 0 aromatic rings. The maximum absolute atomic E-state index is 5.45. The summed E-state index contributed by atoms with van der Waals surface area (Å²) in [6, 6.07) is 0. The average Bonchev–Trinajstić information content (AvgIpc) is 1.90. The molecule has 0 fully saturated rings. The summed E-state index contributed by atoms with van der Waals surface area (Å²) in [6.45, 7) is 0.738. The minimum atomic E-state index is 0. The first kappa shape index (κ1) is 9.72. The summed E-state index contributed by atoms with van der Waals surface area (Å²) in [5, 5.41) is 0. The summed E-state index contributed by atoms with van der Waals surface area (Å²) in [6.07, 6.45) is 2.21. The lowest BCUT2D eigenvalue weighted by molar-refractivity contribution is 0.101. The molecule has 0 saturated heterocycles. The second-order valence-corrected chi connectivity index (χ2v) is 2.23. The van der Waals surface area contributed by atoms with Crippen molar-refractivity contribution in [3.8, 4) is 0 Å². The molecule has 0 aliphatic carbocycles. The third-order valence-electron chi connectivity index (χ3n) is 1.55. The van der Waals surface area contributed by atoms with E-state index < -0.39 is 0 Å². The Morgan fingerprint density at radius 1 is 1.70 bits per heavy atom. The Bertz CT molecular complexity index is 127. The minimum Gasteiger partial charge on any atom is -0.387 e. The molecule has 1 aliphatic rings. The summed E-state index contributed by atoms with van der Waals surface area (Å²) in [7, 11) is 1.71. The molecular formula is C6H13ClN2O. The molecule has 1 atom stereocenters. The number of hydrogen-bond donors (Lipinski definition) is 1. The Balaban J connectivity index is 0.000000810. The Kier molecular flexibility index (Phi) is 4.40. The second-order valence-electron chi connectivity index (χ2n) is 2.23. The first-order chi connectivity index (χ1) is 4.33. The summed E-state index contributed by atoms with van der Waals surface area (Å²) < 4.78 is 5.08. The molecule has 60 valence electrons. The largest absolute Gasteiger partial charge is 0.387 e. The predicted molar refractivity (Wildman–Crippen MR) is 43.8 cm³/mol. The average molecular weight is 165 g/mol. The lowest BCUT2D eigenvalue weighted by atomic mass is 10.1. The molecule has 0 radical (unpaired) electrons. The van der Waals surface area contributed by atoms with Crippen molar-refractivity contribution in [1.82, 2.24) is 0 Å². The Labute approximate surface area is 67.1 Å². The van der Waals surface area contributed by atoms with Gasteiger partial charge in [-0.15, -0.1) is 12.4 Å². The van der Waals surface area contributed by atoms with Crippen LogP contribution in [0.15, 0.2) is 4.99 Å². The van der Waals surface area contributed by atoms with Gasteiger partial charge in [0.2, 0.25) is 0 Å². The topological polar surface area (TPSA) is 47.6 Å². The summed E-state index contributed by atoms with van der Waals surface area (Å²) in [5.74, 6) is 0.767. The van der Waals surface area contributed by atoms with Gasteiger partial charge in [-0.3, -0.25) is 4.99 Å². The number of amidine groups is 1. The van der Waals surface area contributed by atoms with Gasteiger partial charge >= 0.3 is 0 Å². The molecular weight excluding hydrogens is 152 g/mol. The number of rotatable bonds is 1. The highest BCUT2D eigenvalue weighted by Crippen LogP contribution is 2.06. The number of ether oxygens (including phenoxy) is 1. The molecule has 0 saturated carbocycles. The van der Waals surface area contributed by atoms with Crippen molar-refractivity contribution in [2.45, 2.75) is 18.9 Å². The number of nitrogens with zero attached hydrogens (tertiary/aromatic N) is 1. The van der Waals surface area contributed by atoms with Crippen LogP contribution in [0.3, 0.4) is 0 Å². The first-order valence-electron chi connectivity index (χ1n) is 3.14. The van der Waals surface area contributed by atoms with Crippen LogP contribution in [0.1, 0.15) is 12.8 Å². The fourth-order valence-corrected chi connectivity index (χ4v) is 0.891. The van der Waals surface area contributed by atoms with Gasteiger partial charge in [0.1, 0.15) is 0 Å². The van der Waals surface area contributed by atoms with Crippen LogP contribution < -0.4 is 5.73 Å². The Hall–Kier alpha value is -0.280. The highest BCUT2D eigenvalue weighted by Gasteiger charge is 2.11. The van der Waals surface area contributed by atoms with E-state index in [0.29, 0.717) is 6.10 Å². The monoisotopic (exact) mass is 164 g/mol. The maximum atomic E-state index is 5.45. The van der Waals surface area contributed by atoms with Gasteiger partial charge in [0, 0.05) is 13.5 Å². The normalized spacial score (nSPS) is 24.9. The van der Waals surface area contributed by atoms with E-state index in [9.17, 15) is 0 Å². The van der Waals surface area contributed by atoms with Crippen LogP contribution in [-0.4, -0.2) is 25.6 Å². The zero-order valence-corrected chi connectivity index (χ0v) is 6.86. The van der Waals surface area contributed by atoms with Crippen LogP contribution >= 0.6 is 12.4 Å². The second kappa shape index (κ2) is 4.52. The molecule has 1 aliphatic heterocycles. The molecule has 0 aromatic carbocycles. The zero-order valence-electron chi connectivity index (χ0n) is 6.04. The lowest BCUT2D eigenvalue weighted by Gasteiger charge is -2.17. The van der Waals surface area contributed by atoms with Gasteiger partial charge in [-0.2, -0.15) is 0 Å². The molecule has 1 heterocycles. The van der Waals surface area contributed by atoms with Crippen molar-refractivity contribution < 1.29 is 4.74 Å². The highest BCUT2D eigenvalue weighted by molar-refractivity contribution is 5.85. The standard InChI is InChI=1S/C6H12N2O.ClH/c1-9-5-2-3-6(7)8-4-5;/h5H,2-4H2,1H3,(H2,7,8);1H. The van der Waals surface area contributed by atoms with Crippen LogP contribution in [0.5, 0.6) is 0 Å². The fourth-order valence-electron chi connectivity index (χ4n) is 0.891. The number of aliphatic imine (C=N–C) groups is 1. The van der Waals surface area contributed by atoms with Crippen molar-refractivity contribution >= 4 is 18.2 Å². The van der Waals surface area contributed by atoms with Gasteiger partial charge in [0.05, 0.1) is 18.5 Å². The van der Waals surface area contributed by atoms with Gasteiger partial charge in [-0.05, 0) is 6.42 Å². The summed E-state index contributed by atoms with van der Waals surface area (Å²) in [5.41, 5.74) is 5.45. The van der Waals surface area contributed by atoms with E-state index in [4.69, 9.17) is 10.5 Å². The van der Waals surface area contributed by atoms with E-state index >= 15 is 0 Å². The van der Waals surface area contributed by atoms with Gasteiger partial charge in [-0.25, -0.2) is 0 Å². The highest BCUT2D eigenvalue weighted by atomic mass is 35.5. The number of nitrogens with two attached hydrogens (primary N) is 1. The smallest absolute Gasteiger partial charge is 0.0939 e. The van der Waals surface area contributed by atoms with E-state index in [1.807, 2.05) is 0 Å². The van der Waals surface area contributed by atoms with Crippen molar-refractivity contribution in [2.24, 2.45) is 10.7 Å². The van der Waals surface area contributed by atoms with Crippen molar-refractivity contribution in [2.75, 3.05) is 13.7 Å². The van der Waals surface area contributed by atoms with Crippen molar-refractivity contribution in [3.63, 3.8) is 0 Å². The summed E-state index contributed by atoms with van der Waals surface area (Å²) in [4.78, 5) is 4.05. The van der Waals surface area contributed by atoms with E-state index in [1.165, 1.54) is 0 Å². The van der Waals surface area contributed by atoms with Crippen LogP contribution in [0.2, 0.25) is 0 Å². The van der Waals surface area contributed by atoms with E-state index in [1.54, 1.807) is 7.11 Å². The van der Waals surface area contributed by atoms with Crippen LogP contribution in [0, 0.1) is 0 Å². The number of hydrogen-bond acceptors (Lipinski definition) is 3. The molecule has 1 rings (SSSR count). The van der Waals surface area contributed by atoms with Crippen LogP contribution in [0.4, 0.5) is 0 Å². The zero-order chi connectivity index (χ0) is 6.69. The Morgan fingerprint density at radius 3 is 2.80 bits per heavy atom. The number of methoxy groups -OCH3 is 1. The van der Waals surface area contributed by atoms with Gasteiger partial charge in [0.25, 0.3) is 0 Å². The first-order valence-corrected chi connectivity index (χ1v) is 3.14. The van der Waals surface area contributed by atoms with E-state index in [0.717, 1.165) is 25.2 Å². The molecule has 0 amide bonds. The molecule has 4 heteroatoms. The molecule has 10 heavy (non-hydrogen) atoms. The van der Waals surface area contributed by atoms with Gasteiger partial charge in [0.15, 0.2) is 0 Å². The molecule has 0 aromatic heterocycles. The third kappa shape index (κ3) is 2.54. The Morgan fingerprint density at radius 2 is 2.40 bits per heavy atom. The molecule has 0 spiro atoms. The quantitative estimate of drug-likeness (QED) is 0.616. The number of halogens is 1. The van der Waals surface area contributed by atoms with Gasteiger partial charge in [-0.1, -0.05) is 0 Å². The molecule has 1 unspecified atom stereocenters. The maximum Gasteiger partial charge on any atom is 0.0939 e. The molecule has 3 nitrogen and oxygen atoms in total. The van der Waals surface area contributed by atoms with Crippen molar-refractivity contribution in [1.29, 1.82) is 0 Å². The summed E-state index contributed by atoms with van der Waals surface area (Å²) >= 11 is 0. The molecule has 0 bridgehead atoms. The van der Waals surface area contributed by atoms with Crippen LogP contribution in [0.25, 0.3) is 0 Å². The van der Waals surface area contributed by atoms with Crippen LogP contribution in [-0.2, 0) is 4.74 Å². The fraction of sp³-hybridized carbons (Fsp3) is 0.833. The van der Waals surface area contributed by atoms with Crippen molar-refractivity contribution in [3.05, 3.63) is 0 Å². The van der Waals surface area contributed by atoms with Gasteiger partial charge < -0.3 is 10.5 Å².